The molecule has 14 nitrogen and oxygen atoms in total. The molecule has 294 valence electrons. The van der Waals surface area contributed by atoms with Crippen molar-refractivity contribution < 1.29 is 59.9 Å². The molecule has 1 heterocycles. The average molecular weight is 747 g/mol. The van der Waals surface area contributed by atoms with Gasteiger partial charge >= 0.3 is 0 Å². The van der Waals surface area contributed by atoms with Gasteiger partial charge in [0.05, 0.1) is 19.0 Å². The van der Waals surface area contributed by atoms with Crippen LogP contribution in [-0.4, -0.2) is 143 Å². The van der Waals surface area contributed by atoms with Gasteiger partial charge in [-0.2, -0.15) is 11.8 Å². The maximum atomic E-state index is 13.0. The molecule has 0 bridgehead atoms. The summed E-state index contributed by atoms with van der Waals surface area (Å²) in [5.74, 6) is 0.661. The van der Waals surface area contributed by atoms with Crippen molar-refractivity contribution in [3.63, 3.8) is 0 Å². The average Bonchev–Trinajstić information content (AvgIpc) is 3.12. The van der Waals surface area contributed by atoms with Crippen molar-refractivity contribution in [3.8, 4) is 0 Å². The predicted molar refractivity (Wildman–Crippen MR) is 194 cm³/mol. The minimum atomic E-state index is -2.17. The SMILES string of the molecule is CCCCCCCCCCCCSCC(C)(C)/[N+]([O-])=C/c1ccc(CNC(=O)[C@H](O)[C@@H](O)[C@H](O[C@@H]2O[C@@H](CO)[C@H](O)[C@H](O)[C@@H]2O)[C@H](O)CO)cc1. The lowest BCUT2D eigenvalue weighted by molar-refractivity contribution is -0.528. The van der Waals surface area contributed by atoms with Gasteiger partial charge in [0.2, 0.25) is 0 Å². The van der Waals surface area contributed by atoms with Crippen molar-refractivity contribution in [2.24, 2.45) is 0 Å². The van der Waals surface area contributed by atoms with E-state index in [9.17, 15) is 50.9 Å². The van der Waals surface area contributed by atoms with Gasteiger partial charge in [-0.3, -0.25) is 4.79 Å². The number of nitrogens with one attached hydrogen (secondary N) is 1. The van der Waals surface area contributed by atoms with E-state index in [1.54, 1.807) is 36.0 Å². The predicted octanol–water partition coefficient (Wildman–Crippen LogP) is 0.925. The highest BCUT2D eigenvalue weighted by Crippen LogP contribution is 2.25. The molecule has 1 aliphatic heterocycles. The van der Waals surface area contributed by atoms with Gasteiger partial charge in [-0.1, -0.05) is 76.8 Å². The van der Waals surface area contributed by atoms with Gasteiger partial charge in [-0.25, -0.2) is 4.74 Å². The van der Waals surface area contributed by atoms with Crippen LogP contribution in [0.2, 0.25) is 0 Å². The molecule has 1 saturated heterocycles. The Hall–Kier alpha value is -1.89. The molecule has 0 saturated carbocycles. The second-order valence-corrected chi connectivity index (χ2v) is 15.0. The Morgan fingerprint density at radius 1 is 0.961 bits per heavy atom. The minimum absolute atomic E-state index is 0.0636. The van der Waals surface area contributed by atoms with E-state index in [-0.39, 0.29) is 6.54 Å². The summed E-state index contributed by atoms with van der Waals surface area (Å²) in [6.07, 6.45) is -2.25. The third kappa shape index (κ3) is 15.2. The molecule has 1 aromatic carbocycles. The molecule has 0 aromatic heterocycles. The highest BCUT2D eigenvalue weighted by Gasteiger charge is 2.47. The Bertz CT molecular complexity index is 1140. The minimum Gasteiger partial charge on any atom is -0.623 e. The zero-order valence-corrected chi connectivity index (χ0v) is 31.1. The highest BCUT2D eigenvalue weighted by molar-refractivity contribution is 7.99. The summed E-state index contributed by atoms with van der Waals surface area (Å²) in [6, 6.07) is 6.81. The summed E-state index contributed by atoms with van der Waals surface area (Å²) >= 11 is 1.79. The first-order valence-electron chi connectivity index (χ1n) is 18.1. The molecule has 9 N–H and O–H groups in total. The van der Waals surface area contributed by atoms with E-state index in [4.69, 9.17) is 9.47 Å². The summed E-state index contributed by atoms with van der Waals surface area (Å²) in [7, 11) is 0. The molecule has 9 atom stereocenters. The number of hydrogen-bond acceptors (Lipinski definition) is 13. The summed E-state index contributed by atoms with van der Waals surface area (Å²) in [4.78, 5) is 12.7. The van der Waals surface area contributed by atoms with Crippen LogP contribution in [0.25, 0.3) is 0 Å². The zero-order valence-electron chi connectivity index (χ0n) is 30.3. The molecule has 15 heteroatoms. The van der Waals surface area contributed by atoms with Crippen molar-refractivity contribution in [3.05, 3.63) is 40.6 Å². The van der Waals surface area contributed by atoms with Crippen LogP contribution in [-0.2, 0) is 20.8 Å². The maximum absolute atomic E-state index is 13.0. The number of hydrogen-bond donors (Lipinski definition) is 9. The number of amides is 1. The number of aliphatic hydroxyl groups excluding tert-OH is 8. The summed E-state index contributed by atoms with van der Waals surface area (Å²) in [5, 5.41) is 95.9. The quantitative estimate of drug-likeness (QED) is 0.0223. The Kier molecular flexibility index (Phi) is 21.0. The zero-order chi connectivity index (χ0) is 38.0. The van der Waals surface area contributed by atoms with E-state index in [0.29, 0.717) is 16.9 Å². The molecular weight excluding hydrogens is 684 g/mol. The smallest absolute Gasteiger partial charge is 0.251 e. The molecule has 1 aromatic rings. The van der Waals surface area contributed by atoms with Gasteiger partial charge in [0.1, 0.15) is 42.7 Å². The number of ether oxygens (including phenoxy) is 2. The number of benzene rings is 1. The van der Waals surface area contributed by atoms with Crippen LogP contribution in [0.3, 0.4) is 0 Å². The first-order valence-corrected chi connectivity index (χ1v) is 19.3. The number of thioether (sulfide) groups is 1. The van der Waals surface area contributed by atoms with Crippen molar-refractivity contribution in [1.82, 2.24) is 5.32 Å². The summed E-state index contributed by atoms with van der Waals surface area (Å²) < 4.78 is 11.5. The van der Waals surface area contributed by atoms with Crippen molar-refractivity contribution in [2.45, 2.75) is 152 Å². The molecule has 1 aliphatic rings. The second-order valence-electron chi connectivity index (χ2n) is 13.9. The Morgan fingerprint density at radius 2 is 1.55 bits per heavy atom. The van der Waals surface area contributed by atoms with Gasteiger partial charge in [-0.15, -0.1) is 0 Å². The third-order valence-electron chi connectivity index (χ3n) is 9.04. The monoisotopic (exact) mass is 746 g/mol. The fraction of sp³-hybridized carbons (Fsp3) is 0.778. The van der Waals surface area contributed by atoms with Gasteiger partial charge in [0.25, 0.3) is 5.91 Å². The normalized spacial score (nSPS) is 23.8. The largest absolute Gasteiger partial charge is 0.623 e. The van der Waals surface area contributed by atoms with Crippen molar-refractivity contribution >= 4 is 23.9 Å². The Labute approximate surface area is 306 Å². The first-order chi connectivity index (χ1) is 24.3. The van der Waals surface area contributed by atoms with Gasteiger partial charge < -0.3 is 60.8 Å². The Balaban J connectivity index is 1.83. The molecule has 1 amide bonds. The van der Waals surface area contributed by atoms with Gasteiger partial charge in [0.15, 0.2) is 24.1 Å². The van der Waals surface area contributed by atoms with E-state index in [1.807, 2.05) is 13.8 Å². The number of carbonyl (C=O) groups is 1. The lowest BCUT2D eigenvalue weighted by Gasteiger charge is -2.42. The second kappa shape index (κ2) is 23.7. The topological polar surface area (TPSA) is 235 Å². The molecule has 51 heavy (non-hydrogen) atoms. The highest BCUT2D eigenvalue weighted by atomic mass is 32.2. The van der Waals surface area contributed by atoms with E-state index in [0.717, 1.165) is 16.9 Å². The van der Waals surface area contributed by atoms with Crippen LogP contribution < -0.4 is 5.32 Å². The van der Waals surface area contributed by atoms with Crippen molar-refractivity contribution in [1.29, 1.82) is 0 Å². The molecule has 0 spiro atoms. The molecule has 2 rings (SSSR count). The lowest BCUT2D eigenvalue weighted by atomic mass is 9.98. The van der Waals surface area contributed by atoms with E-state index in [2.05, 4.69) is 12.2 Å². The first kappa shape index (κ1) is 45.3. The molecule has 0 radical (unpaired) electrons. The fourth-order valence-corrected chi connectivity index (χ4v) is 6.75. The van der Waals surface area contributed by atoms with Gasteiger partial charge in [-0.05, 0) is 29.9 Å². The lowest BCUT2D eigenvalue weighted by Crippen LogP contribution is -2.62. The number of aliphatic hydroxyl groups is 8. The van der Waals surface area contributed by atoms with Crippen molar-refractivity contribution in [2.75, 3.05) is 24.7 Å². The van der Waals surface area contributed by atoms with E-state index >= 15 is 0 Å². The van der Waals surface area contributed by atoms with Gasteiger partial charge in [0, 0.05) is 26.0 Å². The summed E-state index contributed by atoms with van der Waals surface area (Å²) in [6.45, 7) is 4.24. The number of nitrogens with zero attached hydrogens (tertiary/aromatic N) is 1. The van der Waals surface area contributed by atoms with E-state index in [1.165, 1.54) is 64.0 Å². The van der Waals surface area contributed by atoms with Crippen LogP contribution >= 0.6 is 11.8 Å². The Morgan fingerprint density at radius 3 is 2.12 bits per heavy atom. The van der Waals surface area contributed by atoms with Crippen LogP contribution in [0, 0.1) is 5.21 Å². The van der Waals surface area contributed by atoms with Crippen LogP contribution in [0.15, 0.2) is 24.3 Å². The van der Waals surface area contributed by atoms with E-state index < -0.39 is 79.8 Å². The number of hydroxylamine groups is 1. The van der Waals surface area contributed by atoms with Crippen LogP contribution in [0.5, 0.6) is 0 Å². The summed E-state index contributed by atoms with van der Waals surface area (Å²) in [5.41, 5.74) is 0.672. The standard InChI is InChI=1S/C36H62N2O12S/c1-4-5-6-7-8-9-10-11-12-13-18-51-23-36(2,3)38(48)20-25-16-14-24(15-17-25)19-37-34(47)31(45)30(44)33(26(41)21-39)50-35-32(46)29(43)28(42)27(22-40)49-35/h14-17,20,26-33,35,39-46H,4-13,18-19,21-23H2,1-3H3,(H,37,47)/b38-20-/t26-,27+,28+,29+,30-,31-,32+,33-,35+/m1/s1. The third-order valence-corrected chi connectivity index (χ3v) is 10.5. The molecule has 0 unspecified atom stereocenters. The number of rotatable bonds is 25. The molecule has 1 fully saturated rings. The number of carbonyl (C=O) groups excluding carboxylic acids is 1. The fourth-order valence-electron chi connectivity index (χ4n) is 5.57. The molecule has 0 aliphatic carbocycles. The van der Waals surface area contributed by atoms with Crippen LogP contribution in [0.4, 0.5) is 0 Å². The molecular formula is C36H62N2O12S. The number of unbranched alkanes of at least 4 members (excludes halogenated alkanes) is 9. The van der Waals surface area contributed by atoms with Crippen LogP contribution in [0.1, 0.15) is 96.1 Å². The maximum Gasteiger partial charge on any atom is 0.251 e.